The molecule has 0 unspecified atom stereocenters. The van der Waals surface area contributed by atoms with E-state index in [1.165, 1.54) is 16.5 Å². The van der Waals surface area contributed by atoms with Crippen LogP contribution in [0.25, 0.3) is 10.9 Å². The van der Waals surface area contributed by atoms with E-state index in [2.05, 4.69) is 54.2 Å². The average Bonchev–Trinajstić information content (AvgIpc) is 2.86. The Morgan fingerprint density at radius 3 is 2.71 bits per heavy atom. The number of rotatable bonds is 6. The number of hydrogen-bond acceptors (Lipinski definition) is 2. The van der Waals surface area contributed by atoms with Gasteiger partial charge in [0.05, 0.1) is 5.52 Å². The summed E-state index contributed by atoms with van der Waals surface area (Å²) < 4.78 is 2.19. The van der Waals surface area contributed by atoms with Crippen molar-refractivity contribution in [1.82, 2.24) is 14.8 Å². The molecule has 0 aliphatic heterocycles. The zero-order chi connectivity index (χ0) is 15.4. The maximum atomic E-state index is 11.8. The zero-order valence-corrected chi connectivity index (χ0v) is 13.4. The van der Waals surface area contributed by atoms with Crippen LogP contribution in [-0.4, -0.2) is 35.5 Å². The van der Waals surface area contributed by atoms with Gasteiger partial charge in [0.2, 0.25) is 5.91 Å². The molecule has 21 heavy (non-hydrogen) atoms. The van der Waals surface area contributed by atoms with Gasteiger partial charge in [-0.05, 0) is 17.0 Å². The second-order valence-electron chi connectivity index (χ2n) is 5.94. The van der Waals surface area contributed by atoms with Crippen molar-refractivity contribution in [1.29, 1.82) is 0 Å². The fraction of sp³-hybridized carbons (Fsp3) is 0.471. The van der Waals surface area contributed by atoms with Crippen LogP contribution in [0.1, 0.15) is 25.8 Å². The third-order valence-electron chi connectivity index (χ3n) is 3.64. The maximum absolute atomic E-state index is 11.8. The smallest absolute Gasteiger partial charge is 0.223 e. The first-order valence-corrected chi connectivity index (χ1v) is 7.49. The molecule has 4 heteroatoms. The van der Waals surface area contributed by atoms with Gasteiger partial charge >= 0.3 is 0 Å². The lowest BCUT2D eigenvalue weighted by Gasteiger charge is -2.14. The first-order chi connectivity index (χ1) is 9.99. The fourth-order valence-corrected chi connectivity index (χ4v) is 2.42. The van der Waals surface area contributed by atoms with Crippen LogP contribution in [0.3, 0.4) is 0 Å². The Bertz CT molecular complexity index is 614. The molecule has 2 rings (SSSR count). The van der Waals surface area contributed by atoms with E-state index in [4.69, 9.17) is 0 Å². The molecule has 0 atom stereocenters. The first kappa shape index (κ1) is 15.6. The molecule has 0 radical (unpaired) electrons. The van der Waals surface area contributed by atoms with Crippen molar-refractivity contribution >= 4 is 16.8 Å². The van der Waals surface area contributed by atoms with E-state index in [0.29, 0.717) is 12.5 Å². The van der Waals surface area contributed by atoms with Crippen molar-refractivity contribution in [2.45, 2.75) is 39.4 Å². The highest BCUT2D eigenvalue weighted by Gasteiger charge is 2.09. The Hall–Kier alpha value is -1.81. The molecule has 0 fully saturated rings. The summed E-state index contributed by atoms with van der Waals surface area (Å²) >= 11 is 0. The van der Waals surface area contributed by atoms with Crippen LogP contribution in [0, 0.1) is 0 Å². The summed E-state index contributed by atoms with van der Waals surface area (Å²) in [5.74, 6) is 0.162. The van der Waals surface area contributed by atoms with Crippen LogP contribution < -0.4 is 5.32 Å². The summed E-state index contributed by atoms with van der Waals surface area (Å²) in [6, 6.07) is 8.95. The van der Waals surface area contributed by atoms with Gasteiger partial charge in [-0.2, -0.15) is 0 Å². The van der Waals surface area contributed by atoms with Crippen molar-refractivity contribution in [2.24, 2.45) is 0 Å². The van der Waals surface area contributed by atoms with Crippen molar-refractivity contribution in [3.05, 3.63) is 36.0 Å². The number of hydrogen-bond donors (Lipinski definition) is 1. The van der Waals surface area contributed by atoms with E-state index >= 15 is 0 Å². The topological polar surface area (TPSA) is 37.3 Å². The number of amides is 1. The van der Waals surface area contributed by atoms with Crippen LogP contribution in [-0.2, 0) is 17.9 Å². The molecule has 4 nitrogen and oxygen atoms in total. The van der Waals surface area contributed by atoms with Gasteiger partial charge in [-0.1, -0.05) is 32.0 Å². The van der Waals surface area contributed by atoms with Crippen LogP contribution in [0.4, 0.5) is 0 Å². The summed E-state index contributed by atoms with van der Waals surface area (Å²) in [6.45, 7) is 5.86. The standard InChI is InChI=1S/C17H25N3O/c1-13(2)18-12-15-7-5-6-14-8-10-20(17(14)15)11-9-16(21)19(3)4/h5-8,10,13,18H,9,11-12H2,1-4H3. The second-order valence-corrected chi connectivity index (χ2v) is 5.94. The largest absolute Gasteiger partial charge is 0.349 e. The monoisotopic (exact) mass is 287 g/mol. The number of aryl methyl sites for hydroxylation is 1. The molecule has 1 N–H and O–H groups in total. The highest BCUT2D eigenvalue weighted by molar-refractivity contribution is 5.83. The van der Waals surface area contributed by atoms with Gasteiger partial charge in [-0.25, -0.2) is 0 Å². The highest BCUT2D eigenvalue weighted by atomic mass is 16.2. The van der Waals surface area contributed by atoms with E-state index in [9.17, 15) is 4.79 Å². The minimum atomic E-state index is 0.162. The van der Waals surface area contributed by atoms with Crippen molar-refractivity contribution in [3.63, 3.8) is 0 Å². The number of carbonyl (C=O) groups excluding carboxylic acids is 1. The highest BCUT2D eigenvalue weighted by Crippen LogP contribution is 2.21. The van der Waals surface area contributed by atoms with Crippen molar-refractivity contribution in [3.8, 4) is 0 Å². The van der Waals surface area contributed by atoms with Gasteiger partial charge in [0, 0.05) is 45.8 Å². The van der Waals surface area contributed by atoms with Crippen LogP contribution in [0.2, 0.25) is 0 Å². The third-order valence-corrected chi connectivity index (χ3v) is 3.64. The average molecular weight is 287 g/mol. The molecule has 114 valence electrons. The summed E-state index contributed by atoms with van der Waals surface area (Å²) in [6.07, 6.45) is 2.61. The summed E-state index contributed by atoms with van der Waals surface area (Å²) in [4.78, 5) is 13.4. The maximum Gasteiger partial charge on any atom is 0.223 e. The fourth-order valence-electron chi connectivity index (χ4n) is 2.42. The molecule has 0 saturated heterocycles. The lowest BCUT2D eigenvalue weighted by molar-refractivity contribution is -0.128. The lowest BCUT2D eigenvalue weighted by Crippen LogP contribution is -2.23. The van der Waals surface area contributed by atoms with Gasteiger partial charge in [-0.3, -0.25) is 4.79 Å². The molecule has 1 aromatic heterocycles. The number of nitrogens with zero attached hydrogens (tertiary/aromatic N) is 2. The number of fused-ring (bicyclic) bond motifs is 1. The Balaban J connectivity index is 2.21. The molecule has 0 bridgehead atoms. The van der Waals surface area contributed by atoms with E-state index in [1.807, 2.05) is 0 Å². The second kappa shape index (κ2) is 6.76. The number of nitrogens with one attached hydrogen (secondary N) is 1. The van der Waals surface area contributed by atoms with Gasteiger partial charge < -0.3 is 14.8 Å². The number of para-hydroxylation sites is 1. The van der Waals surface area contributed by atoms with E-state index in [1.54, 1.807) is 19.0 Å². The van der Waals surface area contributed by atoms with E-state index in [-0.39, 0.29) is 5.91 Å². The number of carbonyl (C=O) groups is 1. The van der Waals surface area contributed by atoms with Crippen LogP contribution >= 0.6 is 0 Å². The van der Waals surface area contributed by atoms with Gasteiger partial charge in [0.1, 0.15) is 0 Å². The minimum absolute atomic E-state index is 0.162. The number of aromatic nitrogens is 1. The van der Waals surface area contributed by atoms with E-state index in [0.717, 1.165) is 13.1 Å². The summed E-state index contributed by atoms with van der Waals surface area (Å²) in [5, 5.41) is 4.70. The molecular weight excluding hydrogens is 262 g/mol. The summed E-state index contributed by atoms with van der Waals surface area (Å²) in [7, 11) is 3.60. The normalized spacial score (nSPS) is 11.3. The first-order valence-electron chi connectivity index (χ1n) is 7.49. The van der Waals surface area contributed by atoms with Crippen LogP contribution in [0.5, 0.6) is 0 Å². The Labute approximate surface area is 126 Å². The Kier molecular flexibility index (Phi) is 5.02. The molecule has 1 amide bonds. The molecule has 1 heterocycles. The minimum Gasteiger partial charge on any atom is -0.349 e. The SMILES string of the molecule is CC(C)NCc1cccc2ccn(CCC(=O)N(C)C)c12. The molecule has 0 aliphatic rings. The van der Waals surface area contributed by atoms with Crippen molar-refractivity contribution in [2.75, 3.05) is 14.1 Å². The van der Waals surface area contributed by atoms with Crippen LogP contribution in [0.15, 0.2) is 30.5 Å². The third kappa shape index (κ3) is 3.85. The zero-order valence-electron chi connectivity index (χ0n) is 13.4. The quantitative estimate of drug-likeness (QED) is 0.887. The summed E-state index contributed by atoms with van der Waals surface area (Å²) in [5.41, 5.74) is 2.51. The molecule has 0 saturated carbocycles. The lowest BCUT2D eigenvalue weighted by atomic mass is 10.1. The molecule has 2 aromatic rings. The molecular formula is C17H25N3O. The molecule has 0 aliphatic carbocycles. The Morgan fingerprint density at radius 1 is 1.29 bits per heavy atom. The van der Waals surface area contributed by atoms with Gasteiger partial charge in [0.15, 0.2) is 0 Å². The molecule has 0 spiro atoms. The predicted molar refractivity (Wildman–Crippen MR) is 87.2 cm³/mol. The Morgan fingerprint density at radius 2 is 2.05 bits per heavy atom. The predicted octanol–water partition coefficient (Wildman–Crippen LogP) is 2.62. The van der Waals surface area contributed by atoms with Gasteiger partial charge in [0.25, 0.3) is 0 Å². The van der Waals surface area contributed by atoms with Gasteiger partial charge in [-0.15, -0.1) is 0 Å². The van der Waals surface area contributed by atoms with Crippen molar-refractivity contribution < 1.29 is 4.79 Å². The number of benzene rings is 1. The van der Waals surface area contributed by atoms with E-state index < -0.39 is 0 Å². The molecule has 1 aromatic carbocycles.